The maximum atomic E-state index is 12.4. The van der Waals surface area contributed by atoms with Gasteiger partial charge >= 0.3 is 0 Å². The molecule has 0 spiro atoms. The van der Waals surface area contributed by atoms with E-state index in [2.05, 4.69) is 31.3 Å². The predicted octanol–water partition coefficient (Wildman–Crippen LogP) is 14.1. The van der Waals surface area contributed by atoms with Crippen molar-refractivity contribution in [2.75, 3.05) is 6.61 Å². The molecule has 6 heteroatoms. The Bertz CT molecular complexity index is 821. The van der Waals surface area contributed by atoms with E-state index in [0.717, 1.165) is 51.4 Å². The van der Waals surface area contributed by atoms with E-state index in [1.807, 2.05) is 0 Å². The molecule has 0 heterocycles. The van der Waals surface area contributed by atoms with Crippen LogP contribution in [0.25, 0.3) is 0 Å². The first-order chi connectivity index (χ1) is 28.0. The molecule has 4 atom stereocenters. The zero-order valence-corrected chi connectivity index (χ0v) is 38.4. The highest BCUT2D eigenvalue weighted by Crippen LogP contribution is 2.18. The van der Waals surface area contributed by atoms with Crippen LogP contribution in [0.1, 0.15) is 277 Å². The monoisotopic (exact) mass is 808 g/mol. The van der Waals surface area contributed by atoms with Crippen LogP contribution >= 0.6 is 0 Å². The van der Waals surface area contributed by atoms with E-state index < -0.39 is 36.9 Å². The molecule has 0 aromatic rings. The van der Waals surface area contributed by atoms with Crippen LogP contribution in [0.2, 0.25) is 0 Å². The molecule has 0 aromatic heterocycles. The molecular formula is C51H101NO5. The van der Waals surface area contributed by atoms with E-state index in [9.17, 15) is 25.2 Å². The van der Waals surface area contributed by atoms with Gasteiger partial charge in [-0.05, 0) is 32.1 Å². The van der Waals surface area contributed by atoms with Gasteiger partial charge in [-0.1, -0.05) is 257 Å². The number of aliphatic hydroxyl groups excluding tert-OH is 4. The van der Waals surface area contributed by atoms with Crippen LogP contribution in [0.3, 0.4) is 0 Å². The number of hydrogen-bond acceptors (Lipinski definition) is 5. The van der Waals surface area contributed by atoms with Crippen LogP contribution in [0.5, 0.6) is 0 Å². The second kappa shape index (κ2) is 46.1. The van der Waals surface area contributed by atoms with Crippen molar-refractivity contribution in [3.8, 4) is 0 Å². The number of unbranched alkanes of at least 4 members (excludes halogenated alkanes) is 36. The van der Waals surface area contributed by atoms with Crippen LogP contribution in [0.15, 0.2) is 12.2 Å². The van der Waals surface area contributed by atoms with Gasteiger partial charge in [-0.3, -0.25) is 4.79 Å². The van der Waals surface area contributed by atoms with Gasteiger partial charge in [0.05, 0.1) is 18.8 Å². The predicted molar refractivity (Wildman–Crippen MR) is 247 cm³/mol. The van der Waals surface area contributed by atoms with Crippen molar-refractivity contribution in [2.45, 2.75) is 301 Å². The number of allylic oxidation sites excluding steroid dienone is 2. The fourth-order valence-electron chi connectivity index (χ4n) is 8.15. The molecule has 6 nitrogen and oxygen atoms in total. The summed E-state index contributed by atoms with van der Waals surface area (Å²) in [5.41, 5.74) is 0. The Kier molecular flexibility index (Phi) is 45.4. The third-order valence-electron chi connectivity index (χ3n) is 12.2. The Hall–Kier alpha value is -0.950. The maximum Gasteiger partial charge on any atom is 0.249 e. The van der Waals surface area contributed by atoms with Crippen molar-refractivity contribution in [1.82, 2.24) is 5.32 Å². The fraction of sp³-hybridized carbons (Fsp3) is 0.941. The highest BCUT2D eigenvalue weighted by molar-refractivity contribution is 5.80. The summed E-state index contributed by atoms with van der Waals surface area (Å²) in [7, 11) is 0. The largest absolute Gasteiger partial charge is 0.394 e. The number of carbonyl (C=O) groups is 1. The van der Waals surface area contributed by atoms with Crippen LogP contribution in [-0.2, 0) is 4.79 Å². The minimum atomic E-state index is -1.26. The normalized spacial score (nSPS) is 14.0. The van der Waals surface area contributed by atoms with Crippen molar-refractivity contribution in [3.05, 3.63) is 12.2 Å². The molecule has 0 rings (SSSR count). The molecule has 5 N–H and O–H groups in total. The molecule has 0 aromatic carbocycles. The summed E-state index contributed by atoms with van der Waals surface area (Å²) in [4.78, 5) is 12.4. The Labute approximate surface area is 355 Å². The quantitative estimate of drug-likeness (QED) is 0.0311. The molecule has 0 radical (unpaired) electrons. The van der Waals surface area contributed by atoms with Crippen LogP contribution in [0.4, 0.5) is 0 Å². The van der Waals surface area contributed by atoms with Gasteiger partial charge in [0.1, 0.15) is 12.2 Å². The van der Waals surface area contributed by atoms with Crippen molar-refractivity contribution in [2.24, 2.45) is 0 Å². The second-order valence-corrected chi connectivity index (χ2v) is 17.9. The second-order valence-electron chi connectivity index (χ2n) is 17.9. The number of carbonyl (C=O) groups excluding carboxylic acids is 1. The molecule has 340 valence electrons. The van der Waals surface area contributed by atoms with Gasteiger partial charge in [0, 0.05) is 0 Å². The smallest absolute Gasteiger partial charge is 0.249 e. The molecule has 0 aliphatic heterocycles. The molecule has 0 saturated carbocycles. The summed E-state index contributed by atoms with van der Waals surface area (Å²) in [5, 5.41) is 43.6. The van der Waals surface area contributed by atoms with Crippen LogP contribution < -0.4 is 5.32 Å². The van der Waals surface area contributed by atoms with E-state index in [-0.39, 0.29) is 0 Å². The van der Waals surface area contributed by atoms with Crippen LogP contribution in [0, 0.1) is 0 Å². The first-order valence-electron chi connectivity index (χ1n) is 25.6. The first kappa shape index (κ1) is 56.0. The molecule has 1 amide bonds. The van der Waals surface area contributed by atoms with Crippen LogP contribution in [-0.4, -0.2) is 57.3 Å². The van der Waals surface area contributed by atoms with Gasteiger partial charge in [-0.25, -0.2) is 0 Å². The molecule has 4 unspecified atom stereocenters. The van der Waals surface area contributed by atoms with Crippen molar-refractivity contribution < 1.29 is 25.2 Å². The zero-order valence-electron chi connectivity index (χ0n) is 38.4. The molecule has 0 aliphatic rings. The Morgan fingerprint density at radius 2 is 0.719 bits per heavy atom. The van der Waals surface area contributed by atoms with E-state index in [1.165, 1.54) is 199 Å². The molecule has 57 heavy (non-hydrogen) atoms. The minimum absolute atomic E-state index is 0.349. The van der Waals surface area contributed by atoms with Gasteiger partial charge in [0.15, 0.2) is 0 Å². The lowest BCUT2D eigenvalue weighted by molar-refractivity contribution is -0.132. The van der Waals surface area contributed by atoms with E-state index in [0.29, 0.717) is 12.8 Å². The lowest BCUT2D eigenvalue weighted by Gasteiger charge is -2.27. The molecule has 0 fully saturated rings. The number of nitrogens with one attached hydrogen (secondary N) is 1. The number of rotatable bonds is 47. The maximum absolute atomic E-state index is 12.4. The Morgan fingerprint density at radius 1 is 0.421 bits per heavy atom. The van der Waals surface area contributed by atoms with Gasteiger partial charge in [0.2, 0.25) is 5.91 Å². The van der Waals surface area contributed by atoms with Crippen molar-refractivity contribution >= 4 is 5.91 Å². The number of aliphatic hydroxyl groups is 4. The topological polar surface area (TPSA) is 110 Å². The summed E-state index contributed by atoms with van der Waals surface area (Å²) < 4.78 is 0. The van der Waals surface area contributed by atoms with Gasteiger partial charge in [-0.2, -0.15) is 0 Å². The SMILES string of the molecule is CCCC/C=C\CCCCCC(O)C(=O)NC(CO)C(O)C(O)CCCCCCCCCCCCCCCCCCCCCCCCCCCCCCCCCC. The number of amides is 1. The van der Waals surface area contributed by atoms with E-state index >= 15 is 0 Å². The molecule has 0 aliphatic carbocycles. The number of hydrogen-bond donors (Lipinski definition) is 5. The summed E-state index contributed by atoms with van der Waals surface area (Å²) in [6, 6.07) is -0.987. The molecule has 0 saturated heterocycles. The Morgan fingerprint density at radius 3 is 1.07 bits per heavy atom. The lowest BCUT2D eigenvalue weighted by atomic mass is 9.99. The van der Waals surface area contributed by atoms with Crippen molar-refractivity contribution in [3.63, 3.8) is 0 Å². The zero-order chi connectivity index (χ0) is 41.7. The standard InChI is InChI=1S/C51H101NO5/c1-3-5-7-9-11-13-14-15-16-17-18-19-20-21-22-23-24-25-26-27-28-29-30-31-32-33-34-35-37-38-40-42-44-48(54)50(56)47(46-53)52-51(57)49(55)45-43-41-39-36-12-10-8-6-4-2/h10,12,47-50,53-56H,3-9,11,13-46H2,1-2H3,(H,52,57)/b12-10-. The summed E-state index contributed by atoms with van der Waals surface area (Å²) in [5.74, 6) is -0.596. The summed E-state index contributed by atoms with van der Waals surface area (Å²) >= 11 is 0. The summed E-state index contributed by atoms with van der Waals surface area (Å²) in [6.07, 6.45) is 53.0. The van der Waals surface area contributed by atoms with Gasteiger partial charge < -0.3 is 25.7 Å². The third-order valence-corrected chi connectivity index (χ3v) is 12.2. The third kappa shape index (κ3) is 40.2. The van der Waals surface area contributed by atoms with Crippen molar-refractivity contribution in [1.29, 1.82) is 0 Å². The highest BCUT2D eigenvalue weighted by atomic mass is 16.3. The lowest BCUT2D eigenvalue weighted by Crippen LogP contribution is -2.53. The average molecular weight is 808 g/mol. The first-order valence-corrected chi connectivity index (χ1v) is 25.6. The molecule has 0 bridgehead atoms. The fourth-order valence-corrected chi connectivity index (χ4v) is 8.15. The minimum Gasteiger partial charge on any atom is -0.394 e. The Balaban J connectivity index is 3.49. The van der Waals surface area contributed by atoms with Gasteiger partial charge in [0.25, 0.3) is 0 Å². The van der Waals surface area contributed by atoms with E-state index in [4.69, 9.17) is 0 Å². The highest BCUT2D eigenvalue weighted by Gasteiger charge is 2.28. The summed E-state index contributed by atoms with van der Waals surface area (Å²) in [6.45, 7) is 4.00. The van der Waals surface area contributed by atoms with Gasteiger partial charge in [-0.15, -0.1) is 0 Å². The van der Waals surface area contributed by atoms with E-state index in [1.54, 1.807) is 0 Å². The molecular weight excluding hydrogens is 707 g/mol. The average Bonchev–Trinajstić information content (AvgIpc) is 3.22.